The van der Waals surface area contributed by atoms with E-state index in [1.54, 1.807) is 11.8 Å². The molecule has 0 aromatic carbocycles. The number of hydrogen-bond acceptors (Lipinski definition) is 4. The molecule has 0 unspecified atom stereocenters. The first-order valence-electron chi connectivity index (χ1n) is 10.4. The van der Waals surface area contributed by atoms with Gasteiger partial charge in [0.2, 0.25) is 5.91 Å². The van der Waals surface area contributed by atoms with Crippen molar-refractivity contribution in [3.05, 3.63) is 5.82 Å². The predicted molar refractivity (Wildman–Crippen MR) is 104 cm³/mol. The van der Waals surface area contributed by atoms with E-state index in [0.717, 1.165) is 61.0 Å². The van der Waals surface area contributed by atoms with Gasteiger partial charge in [-0.15, -0.1) is 10.2 Å². The molecular formula is C20H32N4OS. The normalized spacial score (nSPS) is 33.4. The lowest BCUT2D eigenvalue weighted by atomic mass is 9.49. The molecule has 1 N–H and O–H groups in total. The van der Waals surface area contributed by atoms with Gasteiger partial charge in [0.1, 0.15) is 0 Å². The summed E-state index contributed by atoms with van der Waals surface area (Å²) in [5.74, 6) is 3.55. The van der Waals surface area contributed by atoms with Crippen LogP contribution in [0.2, 0.25) is 0 Å². The molecule has 1 aromatic rings. The Labute approximate surface area is 161 Å². The highest BCUT2D eigenvalue weighted by atomic mass is 32.2. The zero-order valence-corrected chi connectivity index (χ0v) is 17.1. The van der Waals surface area contributed by atoms with Crippen LogP contribution in [0.1, 0.15) is 71.5 Å². The maximum absolute atomic E-state index is 13.1. The second-order valence-electron chi connectivity index (χ2n) is 8.86. The number of nitrogens with zero attached hydrogens (tertiary/aromatic N) is 3. The van der Waals surface area contributed by atoms with Crippen molar-refractivity contribution in [3.8, 4) is 0 Å². The highest BCUT2D eigenvalue weighted by molar-refractivity contribution is 7.99. The average Bonchev–Trinajstić information content (AvgIpc) is 2.99. The summed E-state index contributed by atoms with van der Waals surface area (Å²) in [6.45, 7) is 7.87. The van der Waals surface area contributed by atoms with E-state index in [1.807, 2.05) is 0 Å². The van der Waals surface area contributed by atoms with Crippen LogP contribution in [-0.4, -0.2) is 25.9 Å². The predicted octanol–water partition coefficient (Wildman–Crippen LogP) is 4.02. The number of carbonyl (C=O) groups excluding carboxylic acids is 1. The van der Waals surface area contributed by atoms with Crippen LogP contribution in [0.5, 0.6) is 0 Å². The SMILES string of the molecule is CC[C@@H](C)Sc1nnc(CNC(=O)C23CC4CC(CC(C4)C2)C3)n1CC. The van der Waals surface area contributed by atoms with Gasteiger partial charge in [0.05, 0.1) is 6.54 Å². The number of aromatic nitrogens is 3. The molecule has 1 amide bonds. The molecule has 0 saturated heterocycles. The Morgan fingerprint density at radius 1 is 1.19 bits per heavy atom. The van der Waals surface area contributed by atoms with Crippen molar-refractivity contribution in [1.29, 1.82) is 0 Å². The number of thioether (sulfide) groups is 1. The van der Waals surface area contributed by atoms with Crippen LogP contribution in [0.15, 0.2) is 5.16 Å². The van der Waals surface area contributed by atoms with Crippen molar-refractivity contribution in [2.45, 2.75) is 89.2 Å². The molecule has 4 bridgehead atoms. The van der Waals surface area contributed by atoms with Crippen LogP contribution in [0.25, 0.3) is 0 Å². The van der Waals surface area contributed by atoms with Crippen molar-refractivity contribution in [2.24, 2.45) is 23.2 Å². The topological polar surface area (TPSA) is 59.8 Å². The van der Waals surface area contributed by atoms with E-state index in [-0.39, 0.29) is 11.3 Å². The van der Waals surface area contributed by atoms with E-state index in [4.69, 9.17) is 0 Å². The highest BCUT2D eigenvalue weighted by Crippen LogP contribution is 2.60. The zero-order valence-electron chi connectivity index (χ0n) is 16.3. The van der Waals surface area contributed by atoms with Gasteiger partial charge >= 0.3 is 0 Å². The van der Waals surface area contributed by atoms with Crippen LogP contribution >= 0.6 is 11.8 Å². The van der Waals surface area contributed by atoms with Gasteiger partial charge in [0.25, 0.3) is 0 Å². The maximum atomic E-state index is 13.1. The van der Waals surface area contributed by atoms with Gasteiger partial charge in [-0.05, 0) is 69.6 Å². The Morgan fingerprint density at radius 3 is 2.35 bits per heavy atom. The lowest BCUT2D eigenvalue weighted by Crippen LogP contribution is -2.53. The maximum Gasteiger partial charge on any atom is 0.226 e. The molecule has 5 nitrogen and oxygen atoms in total. The second-order valence-corrected chi connectivity index (χ2v) is 10.3. The smallest absolute Gasteiger partial charge is 0.226 e. The minimum atomic E-state index is -0.0832. The third-order valence-electron chi connectivity index (χ3n) is 6.92. The van der Waals surface area contributed by atoms with Crippen molar-refractivity contribution >= 4 is 17.7 Å². The lowest BCUT2D eigenvalue weighted by molar-refractivity contribution is -0.146. The molecule has 6 heteroatoms. The summed E-state index contributed by atoms with van der Waals surface area (Å²) in [4.78, 5) is 13.1. The molecule has 0 radical (unpaired) electrons. The first-order chi connectivity index (χ1) is 12.5. The van der Waals surface area contributed by atoms with E-state index in [1.165, 1.54) is 19.3 Å². The van der Waals surface area contributed by atoms with E-state index < -0.39 is 0 Å². The molecule has 4 aliphatic rings. The first kappa shape index (κ1) is 18.3. The fourth-order valence-electron chi connectivity index (χ4n) is 5.85. The summed E-state index contributed by atoms with van der Waals surface area (Å²) in [6.07, 6.45) is 8.55. The Morgan fingerprint density at radius 2 is 1.81 bits per heavy atom. The van der Waals surface area contributed by atoms with E-state index in [2.05, 4.69) is 40.9 Å². The number of amides is 1. The van der Waals surface area contributed by atoms with Crippen molar-refractivity contribution in [1.82, 2.24) is 20.1 Å². The third kappa shape index (κ3) is 3.30. The number of nitrogens with one attached hydrogen (secondary N) is 1. The van der Waals surface area contributed by atoms with Gasteiger partial charge in [0.15, 0.2) is 11.0 Å². The van der Waals surface area contributed by atoms with E-state index in [9.17, 15) is 4.79 Å². The van der Waals surface area contributed by atoms with Crippen LogP contribution in [0, 0.1) is 23.2 Å². The number of hydrogen-bond donors (Lipinski definition) is 1. The standard InChI is InChI=1S/C20H32N4OS/c1-4-13(3)26-19-23-22-17(24(19)5-2)12-21-18(25)20-9-14-6-15(10-20)8-16(7-14)11-20/h13-16H,4-12H2,1-3H3,(H,21,25)/t13-,14?,15?,16?,20?/m1/s1. The number of rotatable bonds is 7. The summed E-state index contributed by atoms with van der Waals surface area (Å²) < 4.78 is 2.15. The summed E-state index contributed by atoms with van der Waals surface area (Å²) in [5, 5.41) is 13.5. The van der Waals surface area contributed by atoms with Crippen LogP contribution in [0.3, 0.4) is 0 Å². The summed E-state index contributed by atoms with van der Waals surface area (Å²) in [5.41, 5.74) is -0.0832. The van der Waals surface area contributed by atoms with E-state index in [0.29, 0.717) is 11.8 Å². The van der Waals surface area contributed by atoms with Gasteiger partial charge < -0.3 is 9.88 Å². The van der Waals surface area contributed by atoms with Gasteiger partial charge in [-0.25, -0.2) is 0 Å². The fourth-order valence-corrected chi connectivity index (χ4v) is 6.83. The van der Waals surface area contributed by atoms with E-state index >= 15 is 0 Å². The highest BCUT2D eigenvalue weighted by Gasteiger charge is 2.54. The van der Waals surface area contributed by atoms with Gasteiger partial charge in [-0.2, -0.15) is 0 Å². The Balaban J connectivity index is 1.42. The third-order valence-corrected chi connectivity index (χ3v) is 8.17. The summed E-state index contributed by atoms with van der Waals surface area (Å²) in [6, 6.07) is 0. The summed E-state index contributed by atoms with van der Waals surface area (Å²) in [7, 11) is 0. The van der Waals surface area contributed by atoms with Crippen molar-refractivity contribution in [3.63, 3.8) is 0 Å². The van der Waals surface area contributed by atoms with Gasteiger partial charge in [-0.3, -0.25) is 4.79 Å². The van der Waals surface area contributed by atoms with Crippen LogP contribution in [0.4, 0.5) is 0 Å². The van der Waals surface area contributed by atoms with Gasteiger partial charge in [-0.1, -0.05) is 25.6 Å². The molecule has 4 saturated carbocycles. The second kappa shape index (κ2) is 7.17. The fraction of sp³-hybridized carbons (Fsp3) is 0.850. The molecule has 1 aromatic heterocycles. The molecule has 0 aliphatic heterocycles. The van der Waals surface area contributed by atoms with Crippen LogP contribution < -0.4 is 5.32 Å². The summed E-state index contributed by atoms with van der Waals surface area (Å²) >= 11 is 1.77. The zero-order chi connectivity index (χ0) is 18.3. The number of carbonyl (C=O) groups is 1. The lowest BCUT2D eigenvalue weighted by Gasteiger charge is -2.55. The van der Waals surface area contributed by atoms with Gasteiger partial charge in [0, 0.05) is 17.2 Å². The van der Waals surface area contributed by atoms with Crippen molar-refractivity contribution < 1.29 is 4.79 Å². The molecule has 26 heavy (non-hydrogen) atoms. The molecule has 1 heterocycles. The average molecular weight is 377 g/mol. The molecule has 4 fully saturated rings. The Hall–Kier alpha value is -1.04. The van der Waals surface area contributed by atoms with Crippen LogP contribution in [-0.2, 0) is 17.9 Å². The van der Waals surface area contributed by atoms with Crippen molar-refractivity contribution in [2.75, 3.05) is 0 Å². The quantitative estimate of drug-likeness (QED) is 0.730. The minimum absolute atomic E-state index is 0.0832. The molecule has 1 atom stereocenters. The Bertz CT molecular complexity index is 635. The molecule has 0 spiro atoms. The molecule has 144 valence electrons. The largest absolute Gasteiger partial charge is 0.348 e. The first-order valence-corrected chi connectivity index (χ1v) is 11.3. The molecule has 4 aliphatic carbocycles. The molecule has 5 rings (SSSR count). The monoisotopic (exact) mass is 376 g/mol. The minimum Gasteiger partial charge on any atom is -0.348 e. The molecular weight excluding hydrogens is 344 g/mol. The Kier molecular flexibility index (Phi) is 5.06.